The summed E-state index contributed by atoms with van der Waals surface area (Å²) in [5.74, 6) is -0.559. The average molecular weight is 359 g/mol. The van der Waals surface area contributed by atoms with Gasteiger partial charge in [0.15, 0.2) is 5.78 Å². The molecule has 0 fully saturated rings. The second-order valence-electron chi connectivity index (χ2n) is 6.32. The van der Waals surface area contributed by atoms with Crippen LogP contribution in [0.5, 0.6) is 0 Å². The van der Waals surface area contributed by atoms with E-state index in [-0.39, 0.29) is 17.8 Å². The lowest BCUT2D eigenvalue weighted by Gasteiger charge is -2.37. The minimum atomic E-state index is -1.34. The second-order valence-corrected chi connectivity index (χ2v) is 7.77. The van der Waals surface area contributed by atoms with Crippen LogP contribution in [0.4, 0.5) is 8.78 Å². The molecule has 1 aliphatic rings. The Morgan fingerprint density at radius 3 is 2.48 bits per heavy atom. The number of hydrogen-bond acceptors (Lipinski definition) is 3. The molecule has 0 spiro atoms. The SMILES string of the molecule is C[C@H]1SC(CC(=O)c2ccccc2)=N[C@](C)(c2ccccc2F)[C@H]1F. The first-order valence-corrected chi connectivity index (χ1v) is 9.02. The van der Waals surface area contributed by atoms with Crippen molar-refractivity contribution in [1.29, 1.82) is 0 Å². The van der Waals surface area contributed by atoms with Crippen LogP contribution in [0.1, 0.15) is 36.2 Å². The summed E-state index contributed by atoms with van der Waals surface area (Å²) in [6.45, 7) is 3.34. The van der Waals surface area contributed by atoms with Crippen LogP contribution >= 0.6 is 11.8 Å². The zero-order valence-corrected chi connectivity index (χ0v) is 14.9. The Balaban J connectivity index is 1.95. The molecule has 25 heavy (non-hydrogen) atoms. The third-order valence-corrected chi connectivity index (χ3v) is 5.57. The molecule has 5 heteroatoms. The van der Waals surface area contributed by atoms with E-state index in [4.69, 9.17) is 0 Å². The van der Waals surface area contributed by atoms with E-state index in [0.717, 1.165) is 0 Å². The Morgan fingerprint density at radius 1 is 1.16 bits per heavy atom. The molecule has 0 saturated heterocycles. The van der Waals surface area contributed by atoms with E-state index in [1.807, 2.05) is 6.07 Å². The van der Waals surface area contributed by atoms with Crippen LogP contribution in [0.3, 0.4) is 0 Å². The Labute approximate surface area is 150 Å². The monoisotopic (exact) mass is 359 g/mol. The quantitative estimate of drug-likeness (QED) is 0.704. The number of alkyl halides is 1. The van der Waals surface area contributed by atoms with Gasteiger partial charge >= 0.3 is 0 Å². The molecule has 0 saturated carbocycles. The number of nitrogens with zero attached hydrogens (tertiary/aromatic N) is 1. The molecule has 1 heterocycles. The number of thioether (sulfide) groups is 1. The molecule has 0 amide bonds. The maximum Gasteiger partial charge on any atom is 0.169 e. The highest BCUT2D eigenvalue weighted by molar-refractivity contribution is 8.14. The summed E-state index contributed by atoms with van der Waals surface area (Å²) in [7, 11) is 0. The van der Waals surface area contributed by atoms with Gasteiger partial charge in [-0.15, -0.1) is 11.8 Å². The molecule has 0 unspecified atom stereocenters. The summed E-state index contributed by atoms with van der Waals surface area (Å²) in [4.78, 5) is 16.9. The molecule has 0 bridgehead atoms. The summed E-state index contributed by atoms with van der Waals surface area (Å²) in [5, 5.41) is 0.127. The van der Waals surface area contributed by atoms with Crippen LogP contribution in [0.25, 0.3) is 0 Å². The van der Waals surface area contributed by atoms with Crippen LogP contribution in [0.2, 0.25) is 0 Å². The number of halogens is 2. The normalized spacial score (nSPS) is 26.2. The molecule has 0 aliphatic carbocycles. The van der Waals surface area contributed by atoms with Crippen molar-refractivity contribution in [3.63, 3.8) is 0 Å². The first kappa shape index (κ1) is 17.8. The summed E-state index contributed by atoms with van der Waals surface area (Å²) >= 11 is 1.25. The van der Waals surface area contributed by atoms with Gasteiger partial charge in [0.25, 0.3) is 0 Å². The van der Waals surface area contributed by atoms with Gasteiger partial charge in [-0.3, -0.25) is 9.79 Å². The highest BCUT2D eigenvalue weighted by Gasteiger charge is 2.45. The van der Waals surface area contributed by atoms with Crippen molar-refractivity contribution in [3.8, 4) is 0 Å². The van der Waals surface area contributed by atoms with Crippen LogP contribution < -0.4 is 0 Å². The molecule has 2 nitrogen and oxygen atoms in total. The van der Waals surface area contributed by atoms with Crippen molar-refractivity contribution in [3.05, 3.63) is 71.5 Å². The molecule has 2 aromatic carbocycles. The number of rotatable bonds is 4. The average Bonchev–Trinajstić information content (AvgIpc) is 2.60. The van der Waals surface area contributed by atoms with E-state index in [2.05, 4.69) is 4.99 Å². The standard InChI is InChI=1S/C20H19F2NOS/c1-13-19(22)20(2,15-10-6-7-11-16(15)21)23-18(25-13)12-17(24)14-8-4-3-5-9-14/h3-11,13,19H,12H2,1-2H3/t13-,19+,20-/m1/s1. The smallest absolute Gasteiger partial charge is 0.169 e. The lowest BCUT2D eigenvalue weighted by molar-refractivity contribution is 0.100. The van der Waals surface area contributed by atoms with E-state index < -0.39 is 22.8 Å². The zero-order valence-electron chi connectivity index (χ0n) is 14.1. The van der Waals surface area contributed by atoms with Gasteiger partial charge in [0.2, 0.25) is 0 Å². The van der Waals surface area contributed by atoms with Crippen LogP contribution in [-0.2, 0) is 5.54 Å². The first-order valence-electron chi connectivity index (χ1n) is 8.14. The van der Waals surface area contributed by atoms with Gasteiger partial charge in [-0.25, -0.2) is 8.78 Å². The Bertz CT molecular complexity index is 808. The third kappa shape index (κ3) is 3.52. The van der Waals surface area contributed by atoms with E-state index in [0.29, 0.717) is 10.6 Å². The molecule has 1 aliphatic heterocycles. The molecule has 0 aromatic heterocycles. The molecule has 0 N–H and O–H groups in total. The number of ketones is 1. The van der Waals surface area contributed by atoms with Crippen LogP contribution in [0, 0.1) is 5.82 Å². The fourth-order valence-electron chi connectivity index (χ4n) is 3.10. The number of Topliss-reactive ketones (excluding diaryl/α,β-unsaturated/α-hetero) is 1. The van der Waals surface area contributed by atoms with Crippen molar-refractivity contribution in [2.45, 2.75) is 37.2 Å². The van der Waals surface area contributed by atoms with Crippen LogP contribution in [-0.4, -0.2) is 22.2 Å². The van der Waals surface area contributed by atoms with Gasteiger partial charge in [0.05, 0.1) is 11.5 Å². The third-order valence-electron chi connectivity index (χ3n) is 4.45. The second kappa shape index (κ2) is 7.08. The lowest BCUT2D eigenvalue weighted by atomic mass is 9.85. The van der Waals surface area contributed by atoms with Crippen molar-refractivity contribution in [2.24, 2.45) is 4.99 Å². The molecule has 3 atom stereocenters. The van der Waals surface area contributed by atoms with Gasteiger partial charge in [-0.1, -0.05) is 48.5 Å². The van der Waals surface area contributed by atoms with E-state index >= 15 is 0 Å². The van der Waals surface area contributed by atoms with Gasteiger partial charge in [-0.2, -0.15) is 0 Å². The van der Waals surface area contributed by atoms with Crippen LogP contribution in [0.15, 0.2) is 59.6 Å². The Morgan fingerprint density at radius 2 is 1.80 bits per heavy atom. The number of aliphatic imine (C=N–C) groups is 1. The maximum atomic E-state index is 14.9. The summed E-state index contributed by atoms with van der Waals surface area (Å²) < 4.78 is 29.2. The zero-order chi connectivity index (χ0) is 18.0. The highest BCUT2D eigenvalue weighted by Crippen LogP contribution is 2.43. The molecule has 130 valence electrons. The summed E-state index contributed by atoms with van der Waals surface area (Å²) in [5.41, 5.74) is -0.518. The minimum absolute atomic E-state index is 0.0766. The van der Waals surface area contributed by atoms with E-state index in [1.165, 1.54) is 17.8 Å². The topological polar surface area (TPSA) is 29.4 Å². The molecule has 2 aromatic rings. The molecular weight excluding hydrogens is 340 g/mol. The summed E-state index contributed by atoms with van der Waals surface area (Å²) in [6.07, 6.45) is -1.25. The Hall–Kier alpha value is -2.01. The van der Waals surface area contributed by atoms with Crippen molar-refractivity contribution < 1.29 is 13.6 Å². The van der Waals surface area contributed by atoms with E-state index in [9.17, 15) is 13.6 Å². The molecule has 3 rings (SSSR count). The van der Waals surface area contributed by atoms with Crippen molar-refractivity contribution in [1.82, 2.24) is 0 Å². The van der Waals surface area contributed by atoms with Gasteiger partial charge < -0.3 is 0 Å². The van der Waals surface area contributed by atoms with Gasteiger partial charge in [0.1, 0.15) is 17.5 Å². The number of carbonyl (C=O) groups is 1. The maximum absolute atomic E-state index is 14.9. The molecule has 0 radical (unpaired) electrons. The number of hydrogen-bond donors (Lipinski definition) is 0. The summed E-state index contributed by atoms with van der Waals surface area (Å²) in [6, 6.07) is 15.0. The number of carbonyl (C=O) groups excluding carboxylic acids is 1. The predicted octanol–water partition coefficient (Wildman–Crippen LogP) is 5.19. The first-order chi connectivity index (χ1) is 11.9. The van der Waals surface area contributed by atoms with E-state index in [1.54, 1.807) is 56.3 Å². The number of benzene rings is 2. The fourth-order valence-corrected chi connectivity index (χ4v) is 4.37. The molecular formula is C20H19F2NOS. The van der Waals surface area contributed by atoms with Crippen molar-refractivity contribution in [2.75, 3.05) is 0 Å². The predicted molar refractivity (Wildman–Crippen MR) is 98.5 cm³/mol. The van der Waals surface area contributed by atoms with Gasteiger partial charge in [0, 0.05) is 16.4 Å². The largest absolute Gasteiger partial charge is 0.294 e. The highest BCUT2D eigenvalue weighted by atomic mass is 32.2. The fraction of sp³-hybridized carbons (Fsp3) is 0.300. The van der Waals surface area contributed by atoms with Gasteiger partial charge in [-0.05, 0) is 19.9 Å². The Kier molecular flexibility index (Phi) is 5.04. The lowest BCUT2D eigenvalue weighted by Crippen LogP contribution is -2.43. The minimum Gasteiger partial charge on any atom is -0.294 e. The van der Waals surface area contributed by atoms with Crippen molar-refractivity contribution >= 4 is 22.6 Å².